The van der Waals surface area contributed by atoms with Crippen LogP contribution in [0.4, 0.5) is 0 Å². The van der Waals surface area contributed by atoms with Crippen LogP contribution in [0.15, 0.2) is 0 Å². The molecule has 0 aromatic carbocycles. The molecule has 0 saturated carbocycles. The SMILES string of the molecule is COC1CC(O)[C@@H](C(O)CO)O1. The fourth-order valence-corrected chi connectivity index (χ4v) is 1.26. The third kappa shape index (κ3) is 1.94. The van der Waals surface area contributed by atoms with Crippen molar-refractivity contribution in [3.8, 4) is 0 Å². The second-order valence-electron chi connectivity index (χ2n) is 2.82. The summed E-state index contributed by atoms with van der Waals surface area (Å²) >= 11 is 0. The molecule has 0 spiro atoms. The van der Waals surface area contributed by atoms with E-state index in [-0.39, 0.29) is 0 Å². The van der Waals surface area contributed by atoms with E-state index in [1.165, 1.54) is 7.11 Å². The molecule has 0 aromatic rings. The topological polar surface area (TPSA) is 79.2 Å². The normalized spacial score (nSPS) is 38.5. The Morgan fingerprint density at radius 1 is 1.67 bits per heavy atom. The smallest absolute Gasteiger partial charge is 0.160 e. The van der Waals surface area contributed by atoms with E-state index < -0.39 is 31.2 Å². The molecule has 0 amide bonds. The molecule has 0 aliphatic carbocycles. The van der Waals surface area contributed by atoms with Crippen molar-refractivity contribution in [2.75, 3.05) is 13.7 Å². The van der Waals surface area contributed by atoms with Crippen LogP contribution in [0.1, 0.15) is 6.42 Å². The summed E-state index contributed by atoms with van der Waals surface area (Å²) in [7, 11) is 1.46. The van der Waals surface area contributed by atoms with E-state index in [1.807, 2.05) is 0 Å². The van der Waals surface area contributed by atoms with Crippen LogP contribution in [0, 0.1) is 0 Å². The van der Waals surface area contributed by atoms with Gasteiger partial charge in [-0.3, -0.25) is 0 Å². The van der Waals surface area contributed by atoms with Crippen molar-refractivity contribution in [1.82, 2.24) is 0 Å². The highest BCUT2D eigenvalue weighted by Gasteiger charge is 2.38. The highest BCUT2D eigenvalue weighted by molar-refractivity contribution is 4.83. The summed E-state index contributed by atoms with van der Waals surface area (Å²) in [6.07, 6.45) is -2.69. The maximum Gasteiger partial charge on any atom is 0.160 e. The predicted molar refractivity (Wildman–Crippen MR) is 39.4 cm³/mol. The number of rotatable bonds is 3. The van der Waals surface area contributed by atoms with Gasteiger partial charge < -0.3 is 24.8 Å². The summed E-state index contributed by atoms with van der Waals surface area (Å²) in [5.41, 5.74) is 0. The zero-order valence-electron chi connectivity index (χ0n) is 6.88. The fourth-order valence-electron chi connectivity index (χ4n) is 1.26. The lowest BCUT2D eigenvalue weighted by atomic mass is 10.1. The van der Waals surface area contributed by atoms with Gasteiger partial charge in [0, 0.05) is 13.5 Å². The van der Waals surface area contributed by atoms with Gasteiger partial charge in [-0.1, -0.05) is 0 Å². The van der Waals surface area contributed by atoms with E-state index in [1.54, 1.807) is 0 Å². The van der Waals surface area contributed by atoms with Crippen LogP contribution >= 0.6 is 0 Å². The average molecular weight is 178 g/mol. The summed E-state index contributed by atoms with van der Waals surface area (Å²) in [6, 6.07) is 0. The third-order valence-corrected chi connectivity index (χ3v) is 1.95. The van der Waals surface area contributed by atoms with E-state index in [2.05, 4.69) is 0 Å². The van der Waals surface area contributed by atoms with Crippen LogP contribution in [-0.4, -0.2) is 53.6 Å². The van der Waals surface area contributed by atoms with Crippen LogP contribution in [-0.2, 0) is 9.47 Å². The summed E-state index contributed by atoms with van der Waals surface area (Å²) < 4.78 is 9.92. The largest absolute Gasteiger partial charge is 0.394 e. The first-order valence-corrected chi connectivity index (χ1v) is 3.84. The van der Waals surface area contributed by atoms with Gasteiger partial charge in [0.15, 0.2) is 6.29 Å². The summed E-state index contributed by atoms with van der Waals surface area (Å²) in [5.74, 6) is 0. The first-order valence-electron chi connectivity index (χ1n) is 3.84. The molecule has 12 heavy (non-hydrogen) atoms. The van der Waals surface area contributed by atoms with E-state index in [0.717, 1.165) is 0 Å². The van der Waals surface area contributed by atoms with Crippen LogP contribution in [0.3, 0.4) is 0 Å². The van der Waals surface area contributed by atoms with Gasteiger partial charge in [-0.05, 0) is 0 Å². The Morgan fingerprint density at radius 3 is 2.75 bits per heavy atom. The van der Waals surface area contributed by atoms with Crippen molar-refractivity contribution in [3.63, 3.8) is 0 Å². The second-order valence-corrected chi connectivity index (χ2v) is 2.82. The summed E-state index contributed by atoms with van der Waals surface area (Å²) in [6.45, 7) is -0.418. The van der Waals surface area contributed by atoms with E-state index in [0.29, 0.717) is 6.42 Å². The lowest BCUT2D eigenvalue weighted by Crippen LogP contribution is -2.36. The van der Waals surface area contributed by atoms with Crippen LogP contribution in [0.5, 0.6) is 0 Å². The molecule has 1 fully saturated rings. The minimum absolute atomic E-state index is 0.332. The van der Waals surface area contributed by atoms with Gasteiger partial charge in [0.1, 0.15) is 12.2 Å². The number of methoxy groups -OCH3 is 1. The van der Waals surface area contributed by atoms with Gasteiger partial charge in [-0.2, -0.15) is 0 Å². The number of hydrogen-bond acceptors (Lipinski definition) is 5. The molecule has 1 aliphatic rings. The van der Waals surface area contributed by atoms with E-state index in [4.69, 9.17) is 19.7 Å². The van der Waals surface area contributed by atoms with Crippen molar-refractivity contribution in [2.45, 2.75) is 31.0 Å². The van der Waals surface area contributed by atoms with E-state index in [9.17, 15) is 5.11 Å². The van der Waals surface area contributed by atoms with Crippen molar-refractivity contribution in [1.29, 1.82) is 0 Å². The molecule has 1 aliphatic heterocycles. The Kier molecular flexibility index (Phi) is 3.42. The molecule has 1 heterocycles. The zero-order chi connectivity index (χ0) is 9.14. The third-order valence-electron chi connectivity index (χ3n) is 1.95. The first kappa shape index (κ1) is 9.88. The molecular formula is C7H14O5. The van der Waals surface area contributed by atoms with Crippen molar-refractivity contribution >= 4 is 0 Å². The highest BCUT2D eigenvalue weighted by Crippen LogP contribution is 2.22. The molecule has 1 saturated heterocycles. The number of hydrogen-bond donors (Lipinski definition) is 3. The minimum Gasteiger partial charge on any atom is -0.394 e. The standard InChI is InChI=1S/C7H14O5/c1-11-6-2-4(9)7(12-6)5(10)3-8/h4-10H,2-3H2,1H3/t4?,5?,6?,7-/m0/s1. The molecular weight excluding hydrogens is 164 g/mol. The molecule has 0 aromatic heterocycles. The Morgan fingerprint density at radius 2 is 2.33 bits per heavy atom. The molecule has 0 bridgehead atoms. The molecule has 1 rings (SSSR count). The molecule has 3 N–H and O–H groups in total. The van der Waals surface area contributed by atoms with Gasteiger partial charge in [0.2, 0.25) is 0 Å². The second kappa shape index (κ2) is 4.15. The molecule has 0 radical (unpaired) electrons. The van der Waals surface area contributed by atoms with Crippen molar-refractivity contribution in [2.24, 2.45) is 0 Å². The maximum absolute atomic E-state index is 9.32. The molecule has 5 nitrogen and oxygen atoms in total. The van der Waals surface area contributed by atoms with Crippen LogP contribution in [0.2, 0.25) is 0 Å². The number of aliphatic hydroxyl groups is 3. The predicted octanol–water partition coefficient (Wildman–Crippen LogP) is -1.54. The summed E-state index contributed by atoms with van der Waals surface area (Å²) in [4.78, 5) is 0. The number of aliphatic hydroxyl groups excluding tert-OH is 3. The van der Waals surface area contributed by atoms with Crippen LogP contribution in [0.25, 0.3) is 0 Å². The number of ether oxygens (including phenoxy) is 2. The van der Waals surface area contributed by atoms with Gasteiger partial charge >= 0.3 is 0 Å². The van der Waals surface area contributed by atoms with Gasteiger partial charge in [-0.25, -0.2) is 0 Å². The monoisotopic (exact) mass is 178 g/mol. The van der Waals surface area contributed by atoms with Gasteiger partial charge in [-0.15, -0.1) is 0 Å². The lowest BCUT2D eigenvalue weighted by molar-refractivity contribution is -0.150. The fraction of sp³-hybridized carbons (Fsp3) is 1.00. The summed E-state index contributed by atoms with van der Waals surface area (Å²) in [5, 5.41) is 27.1. The van der Waals surface area contributed by atoms with Gasteiger partial charge in [0.05, 0.1) is 12.7 Å². The molecule has 5 heteroatoms. The zero-order valence-corrected chi connectivity index (χ0v) is 6.88. The Balaban J connectivity index is 2.45. The Bertz CT molecular complexity index is 140. The lowest BCUT2D eigenvalue weighted by Gasteiger charge is -2.18. The maximum atomic E-state index is 9.32. The minimum atomic E-state index is -1.04. The molecule has 3 unspecified atom stereocenters. The van der Waals surface area contributed by atoms with Crippen molar-refractivity contribution in [3.05, 3.63) is 0 Å². The average Bonchev–Trinajstić information content (AvgIpc) is 2.45. The Labute approximate surface area is 70.5 Å². The molecule has 72 valence electrons. The van der Waals surface area contributed by atoms with Crippen LogP contribution < -0.4 is 0 Å². The Hall–Kier alpha value is -0.200. The van der Waals surface area contributed by atoms with E-state index >= 15 is 0 Å². The first-order chi connectivity index (χ1) is 5.69. The molecule has 4 atom stereocenters. The quantitative estimate of drug-likeness (QED) is 0.488. The highest BCUT2D eigenvalue weighted by atomic mass is 16.7. The van der Waals surface area contributed by atoms with Crippen molar-refractivity contribution < 1.29 is 24.8 Å². The van der Waals surface area contributed by atoms with Gasteiger partial charge in [0.25, 0.3) is 0 Å².